The Balaban J connectivity index is 2.30. The first-order valence-electron chi connectivity index (χ1n) is 5.92. The topological polar surface area (TPSA) is 35.8 Å². The Hall–Kier alpha value is -1.21. The summed E-state index contributed by atoms with van der Waals surface area (Å²) in [5.74, 6) is 0. The van der Waals surface area contributed by atoms with Gasteiger partial charge in [0.1, 0.15) is 6.07 Å². The molecule has 0 saturated carbocycles. The highest BCUT2D eigenvalue weighted by atomic mass is 79.9. The van der Waals surface area contributed by atoms with Crippen LogP contribution in [0, 0.1) is 11.3 Å². The summed E-state index contributed by atoms with van der Waals surface area (Å²) in [5.41, 5.74) is 2.23. The summed E-state index contributed by atoms with van der Waals surface area (Å²) in [6.45, 7) is 1.97. The average Bonchev–Trinajstić information content (AvgIpc) is 2.43. The molecule has 2 rings (SSSR count). The van der Waals surface area contributed by atoms with Gasteiger partial charge in [-0.2, -0.15) is 5.26 Å². The van der Waals surface area contributed by atoms with Gasteiger partial charge in [0, 0.05) is 14.5 Å². The maximum absolute atomic E-state index is 9.17. The lowest BCUT2D eigenvalue weighted by atomic mass is 10.1. The van der Waals surface area contributed by atoms with Crippen molar-refractivity contribution < 1.29 is 0 Å². The van der Waals surface area contributed by atoms with Crippen molar-refractivity contribution in [2.75, 3.05) is 5.32 Å². The van der Waals surface area contributed by atoms with E-state index in [0.29, 0.717) is 15.6 Å². The number of benzene rings is 2. The fourth-order valence-electron chi connectivity index (χ4n) is 1.89. The molecule has 102 valence electrons. The first-order valence-corrected chi connectivity index (χ1v) is 7.47. The molecule has 1 unspecified atom stereocenters. The standard InChI is InChI=1S/C15H11BrCl2N2/c1-9(13-7-12(17)3-4-14(13)18)20-15-5-2-11(16)6-10(15)8-19/h2-7,9,20H,1H3. The third-order valence-corrected chi connectivity index (χ3v) is 3.97. The fourth-order valence-corrected chi connectivity index (χ4v) is 2.72. The smallest absolute Gasteiger partial charge is 0.101 e. The van der Waals surface area contributed by atoms with E-state index in [1.807, 2.05) is 25.1 Å². The van der Waals surface area contributed by atoms with Crippen LogP contribution < -0.4 is 5.32 Å². The quantitative estimate of drug-likeness (QED) is 0.741. The molecular weight excluding hydrogens is 359 g/mol. The second kappa shape index (κ2) is 6.49. The number of halogens is 3. The molecule has 0 radical (unpaired) electrons. The van der Waals surface area contributed by atoms with E-state index in [0.717, 1.165) is 15.7 Å². The maximum Gasteiger partial charge on any atom is 0.101 e. The van der Waals surface area contributed by atoms with Crippen LogP contribution >= 0.6 is 39.1 Å². The molecule has 0 aromatic heterocycles. The third kappa shape index (κ3) is 3.46. The maximum atomic E-state index is 9.17. The predicted molar refractivity (Wildman–Crippen MR) is 87.4 cm³/mol. The highest BCUT2D eigenvalue weighted by Gasteiger charge is 2.12. The van der Waals surface area contributed by atoms with Crippen molar-refractivity contribution in [3.63, 3.8) is 0 Å². The minimum atomic E-state index is -0.0607. The molecule has 0 fully saturated rings. The summed E-state index contributed by atoms with van der Waals surface area (Å²) in [6.07, 6.45) is 0. The molecule has 0 aliphatic heterocycles. The Morgan fingerprint density at radius 1 is 1.20 bits per heavy atom. The molecule has 1 atom stereocenters. The molecule has 0 heterocycles. The molecule has 2 aromatic carbocycles. The summed E-state index contributed by atoms with van der Waals surface area (Å²) in [5, 5.41) is 13.7. The van der Waals surface area contributed by atoms with E-state index in [-0.39, 0.29) is 6.04 Å². The molecule has 0 aliphatic carbocycles. The van der Waals surface area contributed by atoms with Crippen molar-refractivity contribution in [1.82, 2.24) is 0 Å². The molecule has 2 aromatic rings. The summed E-state index contributed by atoms with van der Waals surface area (Å²) < 4.78 is 0.869. The van der Waals surface area contributed by atoms with Gasteiger partial charge in [-0.05, 0) is 48.9 Å². The van der Waals surface area contributed by atoms with Gasteiger partial charge < -0.3 is 5.32 Å². The van der Waals surface area contributed by atoms with Crippen molar-refractivity contribution in [2.24, 2.45) is 0 Å². The molecule has 1 N–H and O–H groups in total. The van der Waals surface area contributed by atoms with E-state index in [9.17, 15) is 0 Å². The second-order valence-electron chi connectivity index (χ2n) is 4.33. The van der Waals surface area contributed by atoms with Crippen molar-refractivity contribution >= 4 is 44.8 Å². The van der Waals surface area contributed by atoms with Crippen molar-refractivity contribution in [3.05, 3.63) is 62.0 Å². The van der Waals surface area contributed by atoms with Crippen molar-refractivity contribution in [1.29, 1.82) is 5.26 Å². The van der Waals surface area contributed by atoms with Gasteiger partial charge in [0.15, 0.2) is 0 Å². The van der Waals surface area contributed by atoms with Crippen LogP contribution in [0.2, 0.25) is 10.0 Å². The lowest BCUT2D eigenvalue weighted by Crippen LogP contribution is -2.08. The van der Waals surface area contributed by atoms with Crippen LogP contribution in [0.4, 0.5) is 5.69 Å². The van der Waals surface area contributed by atoms with E-state index in [4.69, 9.17) is 28.5 Å². The summed E-state index contributed by atoms with van der Waals surface area (Å²) in [7, 11) is 0. The SMILES string of the molecule is CC(Nc1ccc(Br)cc1C#N)c1cc(Cl)ccc1Cl. The molecule has 20 heavy (non-hydrogen) atoms. The molecule has 0 spiro atoms. The van der Waals surface area contributed by atoms with Crippen LogP contribution in [-0.2, 0) is 0 Å². The first kappa shape index (κ1) is 15.2. The van der Waals surface area contributed by atoms with Crippen molar-refractivity contribution in [3.8, 4) is 6.07 Å². The Labute approximate surface area is 136 Å². The van der Waals surface area contributed by atoms with Crippen LogP contribution in [-0.4, -0.2) is 0 Å². The van der Waals surface area contributed by atoms with Crippen LogP contribution in [0.25, 0.3) is 0 Å². The van der Waals surface area contributed by atoms with Gasteiger partial charge in [-0.1, -0.05) is 39.1 Å². The number of rotatable bonds is 3. The van der Waals surface area contributed by atoms with Gasteiger partial charge in [0.05, 0.1) is 17.3 Å². The van der Waals surface area contributed by atoms with Crippen molar-refractivity contribution in [2.45, 2.75) is 13.0 Å². The van der Waals surface area contributed by atoms with E-state index >= 15 is 0 Å². The number of anilines is 1. The fraction of sp³-hybridized carbons (Fsp3) is 0.133. The highest BCUT2D eigenvalue weighted by Crippen LogP contribution is 2.30. The van der Waals surface area contributed by atoms with E-state index in [2.05, 4.69) is 27.3 Å². The zero-order chi connectivity index (χ0) is 14.7. The van der Waals surface area contributed by atoms with Crippen LogP contribution in [0.1, 0.15) is 24.1 Å². The monoisotopic (exact) mass is 368 g/mol. The highest BCUT2D eigenvalue weighted by molar-refractivity contribution is 9.10. The number of nitrogens with one attached hydrogen (secondary N) is 1. The van der Waals surface area contributed by atoms with Gasteiger partial charge in [0.2, 0.25) is 0 Å². The number of hydrogen-bond acceptors (Lipinski definition) is 2. The van der Waals surface area contributed by atoms with Gasteiger partial charge in [0.25, 0.3) is 0 Å². The van der Waals surface area contributed by atoms with Crippen LogP contribution in [0.15, 0.2) is 40.9 Å². The molecule has 0 amide bonds. The van der Waals surface area contributed by atoms with Gasteiger partial charge in [-0.25, -0.2) is 0 Å². The van der Waals surface area contributed by atoms with E-state index < -0.39 is 0 Å². The Kier molecular flexibility index (Phi) is 4.93. The molecule has 2 nitrogen and oxygen atoms in total. The summed E-state index contributed by atoms with van der Waals surface area (Å²) in [6, 6.07) is 13.0. The van der Waals surface area contributed by atoms with Gasteiger partial charge in [-0.3, -0.25) is 0 Å². The third-order valence-electron chi connectivity index (χ3n) is 2.90. The van der Waals surface area contributed by atoms with Gasteiger partial charge >= 0.3 is 0 Å². The first-order chi connectivity index (χ1) is 9.51. The molecule has 0 aliphatic rings. The number of nitrogens with zero attached hydrogens (tertiary/aromatic N) is 1. The lowest BCUT2D eigenvalue weighted by Gasteiger charge is -2.18. The van der Waals surface area contributed by atoms with E-state index in [1.54, 1.807) is 18.2 Å². The zero-order valence-electron chi connectivity index (χ0n) is 10.6. The molecule has 5 heteroatoms. The molecule has 0 saturated heterocycles. The average molecular weight is 370 g/mol. The molecular formula is C15H11BrCl2N2. The minimum Gasteiger partial charge on any atom is -0.377 e. The van der Waals surface area contributed by atoms with E-state index in [1.165, 1.54) is 0 Å². The predicted octanol–water partition coefficient (Wildman–Crippen LogP) is 5.80. The second-order valence-corrected chi connectivity index (χ2v) is 6.09. The minimum absolute atomic E-state index is 0.0607. The number of hydrogen-bond donors (Lipinski definition) is 1. The largest absolute Gasteiger partial charge is 0.377 e. The lowest BCUT2D eigenvalue weighted by molar-refractivity contribution is 0.884. The Morgan fingerprint density at radius 2 is 1.95 bits per heavy atom. The molecule has 0 bridgehead atoms. The normalized spacial score (nSPS) is 11.8. The zero-order valence-corrected chi connectivity index (χ0v) is 13.7. The summed E-state index contributed by atoms with van der Waals surface area (Å²) >= 11 is 15.5. The Morgan fingerprint density at radius 3 is 2.65 bits per heavy atom. The summed E-state index contributed by atoms with van der Waals surface area (Å²) in [4.78, 5) is 0. The van der Waals surface area contributed by atoms with Crippen LogP contribution in [0.3, 0.4) is 0 Å². The number of nitriles is 1. The van der Waals surface area contributed by atoms with Crippen LogP contribution in [0.5, 0.6) is 0 Å². The van der Waals surface area contributed by atoms with Gasteiger partial charge in [-0.15, -0.1) is 0 Å². The Bertz CT molecular complexity index is 680.